The Labute approximate surface area is 115 Å². The summed E-state index contributed by atoms with van der Waals surface area (Å²) < 4.78 is 0. The van der Waals surface area contributed by atoms with Crippen LogP contribution in [0.3, 0.4) is 0 Å². The van der Waals surface area contributed by atoms with E-state index >= 15 is 0 Å². The van der Waals surface area contributed by atoms with Crippen molar-refractivity contribution in [1.82, 2.24) is 0 Å². The van der Waals surface area contributed by atoms with E-state index in [1.54, 1.807) is 0 Å². The zero-order chi connectivity index (χ0) is 13.4. The molecule has 6 heteroatoms. The molecule has 0 N–H and O–H groups in total. The van der Waals surface area contributed by atoms with Crippen molar-refractivity contribution in [1.29, 1.82) is 0 Å². The van der Waals surface area contributed by atoms with E-state index in [0.29, 0.717) is 0 Å². The second-order valence-corrected chi connectivity index (χ2v) is 39.3. The molecule has 16 heavy (non-hydrogen) atoms. The van der Waals surface area contributed by atoms with Crippen molar-refractivity contribution in [2.24, 2.45) is 0 Å². The summed E-state index contributed by atoms with van der Waals surface area (Å²) in [6, 6.07) is 0. The summed E-state index contributed by atoms with van der Waals surface area (Å²) in [7, 11) is -2.16. The van der Waals surface area contributed by atoms with Crippen molar-refractivity contribution in [3.05, 3.63) is 0 Å². The molecule has 0 spiro atoms. The number of rotatable bonds is 5. The summed E-state index contributed by atoms with van der Waals surface area (Å²) >= 11 is 13.9. The van der Waals surface area contributed by atoms with Crippen LogP contribution in [0.1, 0.15) is 0 Å². The van der Waals surface area contributed by atoms with E-state index in [1.165, 1.54) is 11.3 Å². The molecule has 2 unspecified atom stereocenters. The molecular formula is C10H28Cl2Si4. The van der Waals surface area contributed by atoms with Gasteiger partial charge < -0.3 is 0 Å². The van der Waals surface area contributed by atoms with Crippen molar-refractivity contribution < 1.29 is 0 Å². The molecular weight excluding hydrogens is 303 g/mol. The van der Waals surface area contributed by atoms with Crippen LogP contribution in [0.2, 0.25) is 63.7 Å². The van der Waals surface area contributed by atoms with Crippen LogP contribution in [0, 0.1) is 0 Å². The van der Waals surface area contributed by atoms with Crippen molar-refractivity contribution >= 4 is 52.1 Å². The van der Waals surface area contributed by atoms with Crippen LogP contribution in [0.25, 0.3) is 0 Å². The van der Waals surface area contributed by atoms with E-state index in [9.17, 15) is 0 Å². The minimum absolute atomic E-state index is 1.08. The largest absolute Gasteiger partial charge is 0.170 e. The second kappa shape index (κ2) is 5.21. The highest BCUT2D eigenvalue weighted by molar-refractivity contribution is 7.72. The van der Waals surface area contributed by atoms with Crippen molar-refractivity contribution in [3.8, 4) is 0 Å². The van der Waals surface area contributed by atoms with Crippen LogP contribution in [0.4, 0.5) is 0 Å². The molecule has 0 saturated carbocycles. The number of hydrogen-bond donors (Lipinski definition) is 0. The fourth-order valence-corrected chi connectivity index (χ4v) is 48.2. The lowest BCUT2D eigenvalue weighted by atomic mass is 11.7. The van der Waals surface area contributed by atoms with Crippen LogP contribution in [-0.2, 0) is 0 Å². The highest BCUT2D eigenvalue weighted by atomic mass is 35.6. The van der Waals surface area contributed by atoms with E-state index in [4.69, 9.17) is 22.2 Å². The molecule has 2 atom stereocenters. The molecule has 0 fully saturated rings. The maximum Gasteiger partial charge on any atom is 0.159 e. The Morgan fingerprint density at radius 2 is 0.750 bits per heavy atom. The summed E-state index contributed by atoms with van der Waals surface area (Å²) in [4.78, 5) is 0. The number of halogens is 2. The van der Waals surface area contributed by atoms with Gasteiger partial charge in [0.05, 0.1) is 0 Å². The molecule has 0 aromatic heterocycles. The minimum Gasteiger partial charge on any atom is -0.170 e. The Morgan fingerprint density at radius 1 is 0.562 bits per heavy atom. The molecule has 98 valence electrons. The van der Waals surface area contributed by atoms with E-state index in [2.05, 4.69) is 52.4 Å². The quantitative estimate of drug-likeness (QED) is 0.464. The van der Waals surface area contributed by atoms with Crippen LogP contribution < -0.4 is 0 Å². The van der Waals surface area contributed by atoms with Crippen LogP contribution in [0.15, 0.2) is 0 Å². The molecule has 0 heterocycles. The molecule has 0 saturated heterocycles. The second-order valence-electron chi connectivity index (χ2n) is 7.87. The standard InChI is InChI=1S/C10H28Cl2Si4/c1-13(2,3)9-15(7,11)16(8,12)10-14(4,5)6/h9-10H2,1-8H3. The molecule has 0 aliphatic rings. The fraction of sp³-hybridized carbons (Fsp3) is 1.00. The summed E-state index contributed by atoms with van der Waals surface area (Å²) in [6.45, 7) is 15.7. The Bertz CT molecular complexity index is 212. The molecule has 0 amide bonds. The molecule has 0 aromatic rings. The summed E-state index contributed by atoms with van der Waals surface area (Å²) in [5, 5.41) is 0. The third kappa shape index (κ3) is 6.40. The first-order valence-electron chi connectivity index (χ1n) is 6.04. The lowest BCUT2D eigenvalue weighted by Gasteiger charge is -2.39. The summed E-state index contributed by atoms with van der Waals surface area (Å²) in [5.41, 5.74) is 2.55. The van der Waals surface area contributed by atoms with Gasteiger partial charge in [0.1, 0.15) is 0 Å². The van der Waals surface area contributed by atoms with Gasteiger partial charge in [-0.3, -0.25) is 0 Å². The van der Waals surface area contributed by atoms with Crippen LogP contribution in [-0.4, -0.2) is 30.0 Å². The van der Waals surface area contributed by atoms with Crippen molar-refractivity contribution in [3.63, 3.8) is 0 Å². The monoisotopic (exact) mass is 330 g/mol. The Balaban J connectivity index is 4.85. The van der Waals surface area contributed by atoms with E-state index in [0.717, 1.165) is 0 Å². The first-order chi connectivity index (χ1) is 6.66. The molecule has 0 radical (unpaired) electrons. The Morgan fingerprint density at radius 3 is 0.875 bits per heavy atom. The van der Waals surface area contributed by atoms with Crippen LogP contribution >= 0.6 is 22.2 Å². The molecule has 0 rings (SSSR count). The van der Waals surface area contributed by atoms with Crippen molar-refractivity contribution in [2.45, 2.75) is 63.7 Å². The number of hydrogen-bond acceptors (Lipinski definition) is 0. The van der Waals surface area contributed by atoms with Gasteiger partial charge in [-0.15, -0.1) is 0 Å². The first-order valence-corrected chi connectivity index (χ1v) is 21.9. The summed E-state index contributed by atoms with van der Waals surface area (Å²) in [6.07, 6.45) is 0. The third-order valence-electron chi connectivity index (χ3n) is 2.81. The van der Waals surface area contributed by atoms with Gasteiger partial charge in [0.15, 0.2) is 13.8 Å². The lowest BCUT2D eigenvalue weighted by Crippen LogP contribution is -2.57. The van der Waals surface area contributed by atoms with Gasteiger partial charge in [-0.25, -0.2) is 0 Å². The smallest absolute Gasteiger partial charge is 0.159 e. The van der Waals surface area contributed by atoms with Crippen molar-refractivity contribution in [2.75, 3.05) is 0 Å². The highest BCUT2D eigenvalue weighted by Gasteiger charge is 2.50. The van der Waals surface area contributed by atoms with Gasteiger partial charge in [0, 0.05) is 16.1 Å². The SMILES string of the molecule is C[Si](C)(C)C[Si](C)(Cl)[Si](C)(Cl)C[Si](C)(C)C. The summed E-state index contributed by atoms with van der Waals surface area (Å²) in [5.74, 6) is 0. The highest BCUT2D eigenvalue weighted by Crippen LogP contribution is 2.38. The van der Waals surface area contributed by atoms with Gasteiger partial charge in [-0.05, 0) is 11.3 Å². The fourth-order valence-electron chi connectivity index (χ4n) is 2.36. The molecule has 0 aliphatic carbocycles. The molecule has 0 nitrogen and oxygen atoms in total. The van der Waals surface area contributed by atoms with E-state index in [-0.39, 0.29) is 0 Å². The third-order valence-corrected chi connectivity index (χ3v) is 39.3. The minimum atomic E-state index is -1.70. The van der Waals surface area contributed by atoms with Gasteiger partial charge in [0.25, 0.3) is 0 Å². The molecule has 0 bridgehead atoms. The van der Waals surface area contributed by atoms with Crippen LogP contribution in [0.5, 0.6) is 0 Å². The normalized spacial score (nSPS) is 21.4. The molecule has 0 aromatic carbocycles. The first kappa shape index (κ1) is 17.4. The average molecular weight is 332 g/mol. The van der Waals surface area contributed by atoms with Gasteiger partial charge in [0.2, 0.25) is 0 Å². The predicted octanol–water partition coefficient (Wildman–Crippen LogP) is 5.45. The lowest BCUT2D eigenvalue weighted by molar-refractivity contribution is 1.56. The van der Waals surface area contributed by atoms with Gasteiger partial charge in [-0.1, -0.05) is 52.4 Å². The van der Waals surface area contributed by atoms with E-state index < -0.39 is 30.0 Å². The predicted molar refractivity (Wildman–Crippen MR) is 91.2 cm³/mol. The Kier molecular flexibility index (Phi) is 5.68. The zero-order valence-corrected chi connectivity index (χ0v) is 17.7. The van der Waals surface area contributed by atoms with Gasteiger partial charge in [-0.2, -0.15) is 22.2 Å². The maximum absolute atomic E-state index is 6.94. The van der Waals surface area contributed by atoms with Gasteiger partial charge >= 0.3 is 0 Å². The zero-order valence-electron chi connectivity index (χ0n) is 12.2. The Hall–Kier alpha value is 1.45. The average Bonchev–Trinajstić information content (AvgIpc) is 1.72. The topological polar surface area (TPSA) is 0 Å². The molecule has 0 aliphatic heterocycles. The maximum atomic E-state index is 6.94. The van der Waals surface area contributed by atoms with E-state index in [1.807, 2.05) is 0 Å².